The number of anilines is 4. The molecule has 2 N–H and O–H groups in total. The first kappa shape index (κ1) is 18.2. The lowest BCUT2D eigenvalue weighted by Crippen LogP contribution is -2.04. The molecule has 8 heteroatoms. The van der Waals surface area contributed by atoms with Gasteiger partial charge >= 0.3 is 5.97 Å². The molecule has 0 bridgehead atoms. The van der Waals surface area contributed by atoms with Gasteiger partial charge in [-0.25, -0.2) is 18.6 Å². The highest BCUT2D eigenvalue weighted by atomic mass is 19.2. The second kappa shape index (κ2) is 8.22. The van der Waals surface area contributed by atoms with Gasteiger partial charge in [-0.05, 0) is 49.4 Å². The third kappa shape index (κ3) is 4.75. The number of carbonyl (C=O) groups is 1. The normalized spacial score (nSPS) is 10.3. The van der Waals surface area contributed by atoms with Gasteiger partial charge in [0.15, 0.2) is 11.6 Å². The highest BCUT2D eigenvalue weighted by molar-refractivity contribution is 5.89. The van der Waals surface area contributed by atoms with Crippen molar-refractivity contribution in [1.82, 2.24) is 9.97 Å². The van der Waals surface area contributed by atoms with Crippen LogP contribution in [0.4, 0.5) is 31.9 Å². The summed E-state index contributed by atoms with van der Waals surface area (Å²) in [7, 11) is 0. The highest BCUT2D eigenvalue weighted by Gasteiger charge is 2.07. The molecule has 0 amide bonds. The zero-order chi connectivity index (χ0) is 19.2. The minimum Gasteiger partial charge on any atom is -0.462 e. The van der Waals surface area contributed by atoms with Crippen molar-refractivity contribution < 1.29 is 18.3 Å². The van der Waals surface area contributed by atoms with Crippen molar-refractivity contribution in [2.45, 2.75) is 6.92 Å². The van der Waals surface area contributed by atoms with Crippen molar-refractivity contribution in [2.24, 2.45) is 0 Å². The molecule has 6 nitrogen and oxygen atoms in total. The SMILES string of the molecule is CCOC(=O)c1ccc(Nc2ccnc(Nc3ccc(F)c(F)c3)n2)cc1. The number of esters is 1. The Hall–Kier alpha value is -3.55. The molecule has 0 saturated heterocycles. The number of aromatic nitrogens is 2. The van der Waals surface area contributed by atoms with Gasteiger partial charge in [0.1, 0.15) is 5.82 Å². The maximum Gasteiger partial charge on any atom is 0.338 e. The molecule has 138 valence electrons. The predicted molar refractivity (Wildman–Crippen MR) is 97.4 cm³/mol. The number of halogens is 2. The average molecular weight is 370 g/mol. The Morgan fingerprint density at radius 3 is 2.44 bits per heavy atom. The fourth-order valence-electron chi connectivity index (χ4n) is 2.24. The van der Waals surface area contributed by atoms with Crippen molar-refractivity contribution in [2.75, 3.05) is 17.2 Å². The standard InChI is InChI=1S/C19H16F2N4O2/c1-2-27-18(26)12-3-5-13(6-4-12)23-17-9-10-22-19(25-17)24-14-7-8-15(20)16(21)11-14/h3-11H,2H2,1H3,(H2,22,23,24,25). The average Bonchev–Trinajstić information content (AvgIpc) is 2.66. The molecule has 0 saturated carbocycles. The number of rotatable bonds is 6. The monoisotopic (exact) mass is 370 g/mol. The summed E-state index contributed by atoms with van der Waals surface area (Å²) in [6.07, 6.45) is 1.52. The van der Waals surface area contributed by atoms with E-state index < -0.39 is 11.6 Å². The summed E-state index contributed by atoms with van der Waals surface area (Å²) in [6, 6.07) is 11.8. The topological polar surface area (TPSA) is 76.1 Å². The first-order chi connectivity index (χ1) is 13.0. The van der Waals surface area contributed by atoms with E-state index in [1.807, 2.05) is 0 Å². The lowest BCUT2D eigenvalue weighted by molar-refractivity contribution is 0.0526. The van der Waals surface area contributed by atoms with Crippen LogP contribution in [0.5, 0.6) is 0 Å². The summed E-state index contributed by atoms with van der Waals surface area (Å²) in [4.78, 5) is 20.0. The number of ether oxygens (including phenoxy) is 1. The van der Waals surface area contributed by atoms with Crippen LogP contribution in [0, 0.1) is 11.6 Å². The van der Waals surface area contributed by atoms with Gasteiger partial charge in [0.2, 0.25) is 5.95 Å². The molecule has 0 spiro atoms. The van der Waals surface area contributed by atoms with Crippen LogP contribution in [0.15, 0.2) is 54.7 Å². The molecule has 0 radical (unpaired) electrons. The van der Waals surface area contributed by atoms with Crippen molar-refractivity contribution >= 4 is 29.1 Å². The summed E-state index contributed by atoms with van der Waals surface area (Å²) < 4.78 is 31.2. The molecule has 0 unspecified atom stereocenters. The van der Waals surface area contributed by atoms with Crippen LogP contribution < -0.4 is 10.6 Å². The predicted octanol–water partition coefficient (Wildman–Crippen LogP) is 4.42. The fraction of sp³-hybridized carbons (Fsp3) is 0.105. The summed E-state index contributed by atoms with van der Waals surface area (Å²) >= 11 is 0. The van der Waals surface area contributed by atoms with Crippen molar-refractivity contribution in [3.63, 3.8) is 0 Å². The summed E-state index contributed by atoms with van der Waals surface area (Å²) in [5.41, 5.74) is 1.48. The second-order valence-corrected chi connectivity index (χ2v) is 5.44. The van der Waals surface area contributed by atoms with E-state index in [2.05, 4.69) is 20.6 Å². The Kier molecular flexibility index (Phi) is 5.55. The van der Waals surface area contributed by atoms with Gasteiger partial charge < -0.3 is 15.4 Å². The van der Waals surface area contributed by atoms with E-state index in [0.29, 0.717) is 29.4 Å². The molecule has 2 aromatic carbocycles. The van der Waals surface area contributed by atoms with Crippen LogP contribution in [-0.2, 0) is 4.74 Å². The smallest absolute Gasteiger partial charge is 0.338 e. The number of hydrogen-bond acceptors (Lipinski definition) is 6. The zero-order valence-electron chi connectivity index (χ0n) is 14.4. The molecule has 27 heavy (non-hydrogen) atoms. The van der Waals surface area contributed by atoms with Crippen LogP contribution in [-0.4, -0.2) is 22.5 Å². The van der Waals surface area contributed by atoms with E-state index in [4.69, 9.17) is 4.74 Å². The molecular formula is C19H16F2N4O2. The Morgan fingerprint density at radius 2 is 1.74 bits per heavy atom. The highest BCUT2D eigenvalue weighted by Crippen LogP contribution is 2.19. The molecule has 0 aliphatic carbocycles. The number of hydrogen-bond donors (Lipinski definition) is 2. The molecule has 0 aliphatic heterocycles. The van der Waals surface area contributed by atoms with Gasteiger partial charge in [0.05, 0.1) is 12.2 Å². The summed E-state index contributed by atoms with van der Waals surface area (Å²) in [5.74, 6) is -1.57. The zero-order valence-corrected chi connectivity index (χ0v) is 14.4. The van der Waals surface area contributed by atoms with E-state index in [1.54, 1.807) is 37.3 Å². The maximum atomic E-state index is 13.3. The van der Waals surface area contributed by atoms with E-state index in [9.17, 15) is 13.6 Å². The van der Waals surface area contributed by atoms with Crippen LogP contribution >= 0.6 is 0 Å². The third-order valence-corrected chi connectivity index (χ3v) is 3.50. The Bertz CT molecular complexity index is 949. The number of carbonyl (C=O) groups excluding carboxylic acids is 1. The molecule has 0 fully saturated rings. The first-order valence-corrected chi connectivity index (χ1v) is 8.14. The van der Waals surface area contributed by atoms with Crippen LogP contribution in [0.3, 0.4) is 0 Å². The van der Waals surface area contributed by atoms with Crippen molar-refractivity contribution in [3.05, 3.63) is 71.9 Å². The molecule has 3 aromatic rings. The molecule has 0 atom stereocenters. The van der Waals surface area contributed by atoms with Gasteiger partial charge in [0, 0.05) is 23.6 Å². The second-order valence-electron chi connectivity index (χ2n) is 5.44. The summed E-state index contributed by atoms with van der Waals surface area (Å²) in [6.45, 7) is 2.06. The minimum atomic E-state index is -0.962. The number of benzene rings is 2. The third-order valence-electron chi connectivity index (χ3n) is 3.50. The van der Waals surface area contributed by atoms with Gasteiger partial charge in [-0.15, -0.1) is 0 Å². The minimum absolute atomic E-state index is 0.217. The molecule has 1 heterocycles. The van der Waals surface area contributed by atoms with E-state index in [1.165, 1.54) is 12.3 Å². The first-order valence-electron chi connectivity index (χ1n) is 8.14. The number of nitrogens with one attached hydrogen (secondary N) is 2. The molecule has 0 aliphatic rings. The molecule has 3 rings (SSSR count). The molecule has 1 aromatic heterocycles. The van der Waals surface area contributed by atoms with Crippen LogP contribution in [0.25, 0.3) is 0 Å². The van der Waals surface area contributed by atoms with Gasteiger partial charge in [-0.3, -0.25) is 0 Å². The van der Waals surface area contributed by atoms with E-state index in [0.717, 1.165) is 12.1 Å². The number of nitrogens with zero attached hydrogens (tertiary/aromatic N) is 2. The fourth-order valence-corrected chi connectivity index (χ4v) is 2.24. The lowest BCUT2D eigenvalue weighted by atomic mass is 10.2. The van der Waals surface area contributed by atoms with Crippen LogP contribution in [0.1, 0.15) is 17.3 Å². The lowest BCUT2D eigenvalue weighted by Gasteiger charge is -2.09. The van der Waals surface area contributed by atoms with Crippen molar-refractivity contribution in [1.29, 1.82) is 0 Å². The Morgan fingerprint density at radius 1 is 1.00 bits per heavy atom. The van der Waals surface area contributed by atoms with E-state index in [-0.39, 0.29) is 11.9 Å². The summed E-state index contributed by atoms with van der Waals surface area (Å²) in [5, 5.41) is 5.88. The van der Waals surface area contributed by atoms with Gasteiger partial charge in [-0.2, -0.15) is 4.98 Å². The Labute approximate surface area is 154 Å². The van der Waals surface area contributed by atoms with Gasteiger partial charge in [-0.1, -0.05) is 0 Å². The Balaban J connectivity index is 1.70. The van der Waals surface area contributed by atoms with Crippen LogP contribution in [0.2, 0.25) is 0 Å². The quantitative estimate of drug-likeness (QED) is 0.626. The molecular weight excluding hydrogens is 354 g/mol. The van der Waals surface area contributed by atoms with Gasteiger partial charge in [0.25, 0.3) is 0 Å². The largest absolute Gasteiger partial charge is 0.462 e. The van der Waals surface area contributed by atoms with Crippen molar-refractivity contribution in [3.8, 4) is 0 Å². The van der Waals surface area contributed by atoms with E-state index >= 15 is 0 Å². The maximum absolute atomic E-state index is 13.3.